The zero-order valence-electron chi connectivity index (χ0n) is 16.6. The van der Waals surface area contributed by atoms with E-state index in [1.54, 1.807) is 0 Å². The van der Waals surface area contributed by atoms with Gasteiger partial charge in [-0.15, -0.1) is 0 Å². The molecule has 4 atom stereocenters. The topological polar surface area (TPSA) is 66.2 Å². The molecule has 1 aliphatic heterocycles. The van der Waals surface area contributed by atoms with Crippen molar-refractivity contribution < 1.29 is 18.6 Å². The van der Waals surface area contributed by atoms with Crippen molar-refractivity contribution >= 4 is 8.32 Å². The van der Waals surface area contributed by atoms with Crippen LogP contribution in [0, 0.1) is 0 Å². The van der Waals surface area contributed by atoms with Gasteiger partial charge in [-0.3, -0.25) is 0 Å². The van der Waals surface area contributed by atoms with Gasteiger partial charge in [0.1, 0.15) is 12.2 Å². The predicted molar refractivity (Wildman–Crippen MR) is 101 cm³/mol. The van der Waals surface area contributed by atoms with Crippen LogP contribution in [0.5, 0.6) is 0 Å². The van der Waals surface area contributed by atoms with Crippen LogP contribution >= 0.6 is 0 Å². The third-order valence-electron chi connectivity index (χ3n) is 5.04. The molecular formula is C18H37NO4Si. The quantitative estimate of drug-likeness (QED) is 0.265. The number of hydrogen-bond acceptors (Lipinski definition) is 5. The average Bonchev–Trinajstić information content (AvgIpc) is 3.23. The maximum atomic E-state index is 6.26. The van der Waals surface area contributed by atoms with Crippen LogP contribution in [0.25, 0.3) is 0 Å². The summed E-state index contributed by atoms with van der Waals surface area (Å²) in [6.07, 6.45) is 0.636. The minimum atomic E-state index is -1.74. The Hall–Kier alpha value is -0.243. The van der Waals surface area contributed by atoms with Crippen molar-refractivity contribution in [1.29, 1.82) is 0 Å². The summed E-state index contributed by atoms with van der Waals surface area (Å²) in [6.45, 7) is 21.0. The van der Waals surface area contributed by atoms with Crippen molar-refractivity contribution in [3.8, 4) is 0 Å². The molecule has 0 aromatic heterocycles. The van der Waals surface area contributed by atoms with E-state index in [1.165, 1.54) is 0 Å². The molecule has 0 aromatic rings. The third kappa shape index (κ3) is 6.58. The molecule has 24 heavy (non-hydrogen) atoms. The van der Waals surface area contributed by atoms with Crippen LogP contribution in [0.2, 0.25) is 18.1 Å². The first-order chi connectivity index (χ1) is 11.0. The Balaban J connectivity index is 2.28. The summed E-state index contributed by atoms with van der Waals surface area (Å²) in [4.78, 5) is 0. The summed E-state index contributed by atoms with van der Waals surface area (Å²) < 4.78 is 22.8. The van der Waals surface area contributed by atoms with Gasteiger partial charge in [-0.05, 0) is 38.4 Å². The molecule has 0 amide bonds. The van der Waals surface area contributed by atoms with Gasteiger partial charge in [0.25, 0.3) is 0 Å². The summed E-state index contributed by atoms with van der Waals surface area (Å²) >= 11 is 0. The third-order valence-corrected chi connectivity index (χ3v) is 9.54. The molecule has 1 fully saturated rings. The average molecular weight is 360 g/mol. The zero-order valence-corrected chi connectivity index (χ0v) is 17.6. The number of ether oxygens (including phenoxy) is 3. The molecule has 0 bridgehead atoms. The lowest BCUT2D eigenvalue weighted by molar-refractivity contribution is -0.126. The standard InChI is InChI=1S/C18H37NO4Si/c1-9-20-14(3)21-11-10-13(2)16(19)17-15(23-17)12-22-24(7,8)18(4,5)6/h14-17H,2,9-12,19H2,1,3-8H3/t14?,15-,16-,17+/m0/s1. The minimum absolute atomic E-state index is 0.0200. The lowest BCUT2D eigenvalue weighted by Crippen LogP contribution is -2.42. The van der Waals surface area contributed by atoms with Crippen LogP contribution in [0.1, 0.15) is 41.0 Å². The molecule has 0 radical (unpaired) electrons. The molecule has 5 nitrogen and oxygen atoms in total. The van der Waals surface area contributed by atoms with Crippen LogP contribution < -0.4 is 5.73 Å². The first kappa shape index (κ1) is 21.8. The normalized spacial score (nSPS) is 23.8. The van der Waals surface area contributed by atoms with Crippen molar-refractivity contribution in [3.63, 3.8) is 0 Å². The van der Waals surface area contributed by atoms with E-state index >= 15 is 0 Å². The van der Waals surface area contributed by atoms with E-state index in [-0.39, 0.29) is 29.6 Å². The number of rotatable bonds is 11. The van der Waals surface area contributed by atoms with Gasteiger partial charge in [-0.1, -0.05) is 32.9 Å². The molecule has 2 N–H and O–H groups in total. The van der Waals surface area contributed by atoms with Crippen molar-refractivity contribution in [2.24, 2.45) is 5.73 Å². The lowest BCUT2D eigenvalue weighted by atomic mass is 10.0. The second-order valence-electron chi connectivity index (χ2n) is 8.04. The smallest absolute Gasteiger partial charge is 0.192 e. The first-order valence-corrected chi connectivity index (χ1v) is 11.9. The van der Waals surface area contributed by atoms with E-state index < -0.39 is 8.32 Å². The fraction of sp³-hybridized carbons (Fsp3) is 0.889. The SMILES string of the molecule is C=C(CCOC(C)OCC)[C@H](N)[C@@H]1O[C@H]1CO[Si](C)(C)C(C)(C)C. The lowest BCUT2D eigenvalue weighted by Gasteiger charge is -2.36. The van der Waals surface area contributed by atoms with E-state index in [0.717, 1.165) is 5.57 Å². The van der Waals surface area contributed by atoms with Gasteiger partial charge in [0.05, 0.1) is 19.3 Å². The fourth-order valence-electron chi connectivity index (χ4n) is 2.15. The number of hydrogen-bond donors (Lipinski definition) is 1. The summed E-state index contributed by atoms with van der Waals surface area (Å²) in [7, 11) is -1.74. The Kier molecular flexibility index (Phi) is 8.10. The molecule has 0 aromatic carbocycles. The number of epoxide rings is 1. The van der Waals surface area contributed by atoms with Crippen molar-refractivity contribution in [2.75, 3.05) is 19.8 Å². The summed E-state index contributed by atoms with van der Waals surface area (Å²) in [5, 5.41) is 0.206. The monoisotopic (exact) mass is 359 g/mol. The van der Waals surface area contributed by atoms with Crippen molar-refractivity contribution in [2.45, 2.75) is 83.7 Å². The van der Waals surface area contributed by atoms with Gasteiger partial charge in [-0.25, -0.2) is 0 Å². The highest BCUT2D eigenvalue weighted by Crippen LogP contribution is 2.38. The predicted octanol–water partition coefficient (Wildman–Crippen LogP) is 3.45. The molecule has 1 saturated heterocycles. The van der Waals surface area contributed by atoms with Crippen molar-refractivity contribution in [3.05, 3.63) is 12.2 Å². The highest BCUT2D eigenvalue weighted by molar-refractivity contribution is 6.74. The van der Waals surface area contributed by atoms with Gasteiger partial charge in [0.15, 0.2) is 14.6 Å². The molecule has 1 unspecified atom stereocenters. The molecule has 1 rings (SSSR count). The summed E-state index contributed by atoms with van der Waals surface area (Å²) in [5.74, 6) is 0. The van der Waals surface area contributed by atoms with E-state index in [1.807, 2.05) is 13.8 Å². The van der Waals surface area contributed by atoms with E-state index in [4.69, 9.17) is 24.4 Å². The molecule has 0 saturated carbocycles. The van der Waals surface area contributed by atoms with Gasteiger partial charge in [0, 0.05) is 6.61 Å². The number of nitrogens with two attached hydrogens (primary N) is 1. The van der Waals surface area contributed by atoms with Gasteiger partial charge in [-0.2, -0.15) is 0 Å². The first-order valence-electron chi connectivity index (χ1n) is 8.95. The molecule has 1 aliphatic rings. The van der Waals surface area contributed by atoms with Crippen LogP contribution in [0.4, 0.5) is 0 Å². The van der Waals surface area contributed by atoms with E-state index in [0.29, 0.717) is 26.2 Å². The highest BCUT2D eigenvalue weighted by atomic mass is 28.4. The molecule has 142 valence electrons. The zero-order chi connectivity index (χ0) is 18.5. The maximum Gasteiger partial charge on any atom is 0.192 e. The van der Waals surface area contributed by atoms with Crippen LogP contribution in [0.15, 0.2) is 12.2 Å². The Labute approximate surface area is 149 Å². The fourth-order valence-corrected chi connectivity index (χ4v) is 3.17. The van der Waals surface area contributed by atoms with Crippen LogP contribution in [-0.2, 0) is 18.6 Å². The minimum Gasteiger partial charge on any atom is -0.414 e. The Morgan fingerprint density at radius 2 is 1.92 bits per heavy atom. The molecular weight excluding hydrogens is 322 g/mol. The Bertz CT molecular complexity index is 408. The Morgan fingerprint density at radius 1 is 1.29 bits per heavy atom. The highest BCUT2D eigenvalue weighted by Gasteiger charge is 2.46. The maximum absolute atomic E-state index is 6.26. The van der Waals surface area contributed by atoms with Gasteiger partial charge >= 0.3 is 0 Å². The van der Waals surface area contributed by atoms with Crippen LogP contribution in [-0.4, -0.2) is 52.7 Å². The summed E-state index contributed by atoms with van der Waals surface area (Å²) in [6, 6.07) is -0.163. The largest absolute Gasteiger partial charge is 0.414 e. The molecule has 0 spiro atoms. The van der Waals surface area contributed by atoms with Gasteiger partial charge in [0.2, 0.25) is 0 Å². The molecule has 1 heterocycles. The second-order valence-corrected chi connectivity index (χ2v) is 12.8. The van der Waals surface area contributed by atoms with Crippen molar-refractivity contribution in [1.82, 2.24) is 0 Å². The van der Waals surface area contributed by atoms with Crippen LogP contribution in [0.3, 0.4) is 0 Å². The second kappa shape index (κ2) is 8.92. The molecule has 6 heteroatoms. The Morgan fingerprint density at radius 3 is 2.46 bits per heavy atom. The van der Waals surface area contributed by atoms with E-state index in [2.05, 4.69) is 40.4 Å². The van der Waals surface area contributed by atoms with Gasteiger partial charge < -0.3 is 24.4 Å². The van der Waals surface area contributed by atoms with E-state index in [9.17, 15) is 0 Å². The summed E-state index contributed by atoms with van der Waals surface area (Å²) in [5.41, 5.74) is 7.21. The molecule has 0 aliphatic carbocycles.